The molecule has 0 aliphatic carbocycles. The normalized spacial score (nSPS) is 11.9. The molecule has 0 unspecified atom stereocenters. The standard InChI is InChI=1S/C21H14F6N4O2/c22-14-9-6-12(17(23)18(14)24)10-28-20(30-15-2-1-3-16(32)29-15)31-19(33)11-4-7-13(8-5-11)21(25,26)27/h1-9H,10H2,(H3,28,29,30,31,32,33). The number of halogens is 6. The maximum atomic E-state index is 13.9. The molecular weight excluding hydrogens is 454 g/mol. The number of nitrogens with one attached hydrogen (secondary N) is 3. The number of aromatic amines is 1. The zero-order valence-corrected chi connectivity index (χ0v) is 16.4. The number of H-pyrrole nitrogens is 1. The Bertz CT molecular complexity index is 1250. The summed E-state index contributed by atoms with van der Waals surface area (Å²) in [5.74, 6) is -5.71. The summed E-state index contributed by atoms with van der Waals surface area (Å²) in [6.07, 6.45) is -4.59. The Kier molecular flexibility index (Phi) is 6.85. The minimum Gasteiger partial charge on any atom is -0.312 e. The van der Waals surface area contributed by atoms with Crippen LogP contribution >= 0.6 is 0 Å². The fourth-order valence-electron chi connectivity index (χ4n) is 2.60. The Morgan fingerprint density at radius 2 is 1.64 bits per heavy atom. The van der Waals surface area contributed by atoms with Crippen molar-refractivity contribution in [1.82, 2.24) is 10.3 Å². The van der Waals surface area contributed by atoms with Gasteiger partial charge in [-0.15, -0.1) is 0 Å². The number of amides is 1. The van der Waals surface area contributed by atoms with Crippen LogP contribution in [0.15, 0.2) is 64.4 Å². The molecule has 0 fully saturated rings. The van der Waals surface area contributed by atoms with Crippen molar-refractivity contribution < 1.29 is 31.1 Å². The number of guanidine groups is 1. The molecule has 1 heterocycles. The van der Waals surface area contributed by atoms with Crippen LogP contribution < -0.4 is 16.2 Å². The molecule has 3 rings (SSSR count). The van der Waals surface area contributed by atoms with Gasteiger partial charge in [-0.2, -0.15) is 13.2 Å². The van der Waals surface area contributed by atoms with Gasteiger partial charge in [-0.1, -0.05) is 12.1 Å². The van der Waals surface area contributed by atoms with E-state index < -0.39 is 47.2 Å². The second-order valence-electron chi connectivity index (χ2n) is 6.58. The molecule has 0 aliphatic rings. The first-order chi connectivity index (χ1) is 15.5. The van der Waals surface area contributed by atoms with Crippen molar-refractivity contribution in [2.24, 2.45) is 4.99 Å². The molecule has 3 aromatic rings. The monoisotopic (exact) mass is 468 g/mol. The number of anilines is 1. The van der Waals surface area contributed by atoms with Crippen molar-refractivity contribution in [2.75, 3.05) is 5.32 Å². The minimum absolute atomic E-state index is 0.0692. The van der Waals surface area contributed by atoms with Crippen LogP contribution in [0, 0.1) is 17.5 Å². The summed E-state index contributed by atoms with van der Waals surface area (Å²) in [6.45, 7) is -0.546. The molecule has 3 N–H and O–H groups in total. The average molecular weight is 468 g/mol. The zero-order chi connectivity index (χ0) is 24.2. The van der Waals surface area contributed by atoms with E-state index in [1.54, 1.807) is 0 Å². The number of nitrogens with zero attached hydrogens (tertiary/aromatic N) is 1. The van der Waals surface area contributed by atoms with Crippen LogP contribution in [-0.4, -0.2) is 16.9 Å². The van der Waals surface area contributed by atoms with E-state index in [0.29, 0.717) is 18.2 Å². The first-order valence-corrected chi connectivity index (χ1v) is 9.16. The summed E-state index contributed by atoms with van der Waals surface area (Å²) >= 11 is 0. The van der Waals surface area contributed by atoms with Gasteiger partial charge in [0, 0.05) is 17.2 Å². The van der Waals surface area contributed by atoms with E-state index in [1.165, 1.54) is 18.2 Å². The van der Waals surface area contributed by atoms with Gasteiger partial charge < -0.3 is 10.3 Å². The van der Waals surface area contributed by atoms with Crippen molar-refractivity contribution in [3.63, 3.8) is 0 Å². The lowest BCUT2D eigenvalue weighted by Gasteiger charge is -2.12. The van der Waals surface area contributed by atoms with Crippen LogP contribution in [0.25, 0.3) is 0 Å². The molecule has 12 heteroatoms. The summed E-state index contributed by atoms with van der Waals surface area (Å²) in [5, 5.41) is 4.85. The topological polar surface area (TPSA) is 86.3 Å². The van der Waals surface area contributed by atoms with Crippen LogP contribution in [0.1, 0.15) is 21.5 Å². The molecule has 0 saturated carbocycles. The molecule has 0 saturated heterocycles. The number of hydrogen-bond acceptors (Lipinski definition) is 3. The zero-order valence-electron chi connectivity index (χ0n) is 16.4. The Morgan fingerprint density at radius 1 is 0.939 bits per heavy atom. The predicted octanol–water partition coefficient (Wildman–Crippen LogP) is 4.21. The van der Waals surface area contributed by atoms with E-state index in [-0.39, 0.29) is 22.9 Å². The van der Waals surface area contributed by atoms with Crippen molar-refractivity contribution in [3.8, 4) is 0 Å². The number of carbonyl (C=O) groups excluding carboxylic acids is 1. The quantitative estimate of drug-likeness (QED) is 0.232. The number of aromatic nitrogens is 1. The van der Waals surface area contributed by atoms with Crippen molar-refractivity contribution >= 4 is 17.7 Å². The highest BCUT2D eigenvalue weighted by atomic mass is 19.4. The number of carbonyl (C=O) groups is 1. The number of benzene rings is 2. The van der Waals surface area contributed by atoms with E-state index in [1.807, 2.05) is 0 Å². The second-order valence-corrected chi connectivity index (χ2v) is 6.58. The van der Waals surface area contributed by atoms with Gasteiger partial charge in [0.15, 0.2) is 17.5 Å². The van der Waals surface area contributed by atoms with Gasteiger partial charge in [0.05, 0.1) is 12.1 Å². The van der Waals surface area contributed by atoms with E-state index in [2.05, 4.69) is 20.6 Å². The first kappa shape index (κ1) is 23.6. The summed E-state index contributed by atoms with van der Waals surface area (Å²) in [7, 11) is 0. The Balaban J connectivity index is 1.86. The number of pyridine rings is 1. The molecule has 6 nitrogen and oxygen atoms in total. The third-order valence-corrected chi connectivity index (χ3v) is 4.25. The molecule has 0 spiro atoms. The summed E-state index contributed by atoms with van der Waals surface area (Å²) in [4.78, 5) is 30.3. The summed E-state index contributed by atoms with van der Waals surface area (Å²) < 4.78 is 78.6. The molecule has 2 aromatic carbocycles. The molecule has 33 heavy (non-hydrogen) atoms. The Labute approximate surface area is 182 Å². The number of hydrogen-bond donors (Lipinski definition) is 3. The highest BCUT2D eigenvalue weighted by Crippen LogP contribution is 2.29. The number of rotatable bonds is 4. The van der Waals surface area contributed by atoms with Gasteiger partial charge in [0.1, 0.15) is 5.82 Å². The number of alkyl halides is 3. The molecule has 172 valence electrons. The van der Waals surface area contributed by atoms with Crippen molar-refractivity contribution in [3.05, 3.63) is 99.1 Å². The highest BCUT2D eigenvalue weighted by Gasteiger charge is 2.30. The van der Waals surface area contributed by atoms with Crippen LogP contribution in [-0.2, 0) is 12.7 Å². The predicted molar refractivity (Wildman–Crippen MR) is 107 cm³/mol. The summed E-state index contributed by atoms with van der Waals surface area (Å²) in [5.41, 5.74) is -1.95. The third kappa shape index (κ3) is 5.99. The van der Waals surface area contributed by atoms with E-state index in [4.69, 9.17) is 0 Å². The van der Waals surface area contributed by atoms with E-state index >= 15 is 0 Å². The molecule has 1 amide bonds. The second kappa shape index (κ2) is 9.59. The lowest BCUT2D eigenvalue weighted by Crippen LogP contribution is -2.36. The average Bonchev–Trinajstić information content (AvgIpc) is 2.76. The SMILES string of the molecule is O=C(NC(=NCc1ccc(F)c(F)c1F)Nc1cccc(=O)[nH]1)c1ccc(C(F)(F)F)cc1. The van der Waals surface area contributed by atoms with Crippen LogP contribution in [0.5, 0.6) is 0 Å². The largest absolute Gasteiger partial charge is 0.416 e. The first-order valence-electron chi connectivity index (χ1n) is 9.16. The lowest BCUT2D eigenvalue weighted by atomic mass is 10.1. The maximum absolute atomic E-state index is 13.9. The van der Waals surface area contributed by atoms with Crippen molar-refractivity contribution in [1.29, 1.82) is 0 Å². The fourth-order valence-corrected chi connectivity index (χ4v) is 2.60. The molecular formula is C21H14F6N4O2. The van der Waals surface area contributed by atoms with E-state index in [0.717, 1.165) is 18.2 Å². The van der Waals surface area contributed by atoms with Gasteiger partial charge in [-0.3, -0.25) is 14.9 Å². The van der Waals surface area contributed by atoms with Gasteiger partial charge >= 0.3 is 6.18 Å². The van der Waals surface area contributed by atoms with Gasteiger partial charge in [-0.05, 0) is 36.4 Å². The maximum Gasteiger partial charge on any atom is 0.416 e. The van der Waals surface area contributed by atoms with Crippen molar-refractivity contribution in [2.45, 2.75) is 12.7 Å². The van der Waals surface area contributed by atoms with Gasteiger partial charge in [-0.25, -0.2) is 18.2 Å². The van der Waals surface area contributed by atoms with Crippen LogP contribution in [0.2, 0.25) is 0 Å². The third-order valence-electron chi connectivity index (χ3n) is 4.25. The Morgan fingerprint density at radius 3 is 2.27 bits per heavy atom. The van der Waals surface area contributed by atoms with E-state index in [9.17, 15) is 35.9 Å². The van der Waals surface area contributed by atoms with Gasteiger partial charge in [0.25, 0.3) is 5.91 Å². The molecule has 1 aromatic heterocycles. The van der Waals surface area contributed by atoms with Gasteiger partial charge in [0.2, 0.25) is 11.5 Å². The Hall–Kier alpha value is -4.09. The summed E-state index contributed by atoms with van der Waals surface area (Å²) in [6, 6.07) is 8.95. The molecule has 0 bridgehead atoms. The number of aliphatic imine (C=N–C) groups is 1. The smallest absolute Gasteiger partial charge is 0.312 e. The van der Waals surface area contributed by atoms with Crippen LogP contribution in [0.3, 0.4) is 0 Å². The lowest BCUT2D eigenvalue weighted by molar-refractivity contribution is -0.137. The minimum atomic E-state index is -4.59. The fraction of sp³-hybridized carbons (Fsp3) is 0.0952. The highest BCUT2D eigenvalue weighted by molar-refractivity contribution is 6.09. The molecule has 0 aliphatic heterocycles. The molecule has 0 atom stereocenters. The van der Waals surface area contributed by atoms with Crippen LogP contribution in [0.4, 0.5) is 32.2 Å². The molecule has 0 radical (unpaired) electrons.